The Kier molecular flexibility index (Phi) is 2.99. The van der Waals surface area contributed by atoms with Crippen LogP contribution in [-0.4, -0.2) is 35.6 Å². The predicted octanol–water partition coefficient (Wildman–Crippen LogP) is 0.881. The number of hydrogen-bond acceptors (Lipinski definition) is 5. The van der Waals surface area contributed by atoms with Crippen LogP contribution in [0.25, 0.3) is 0 Å². The van der Waals surface area contributed by atoms with Crippen molar-refractivity contribution in [3.05, 3.63) is 42.0 Å². The number of allylic oxidation sites excluding steroid dienone is 2. The first kappa shape index (κ1) is 15.1. The molecule has 124 valence electrons. The standard InChI is InChI=1S/C16H13NO6S/c18-14-12-9-1-2-10(7-9)13(12)15(19)17(14)24(22,23)11-5-3-8(4-6-11)16(20)21/h1-6,9-10,12-13H,7H2,(H,20,21). The molecule has 2 fully saturated rings. The van der Waals surface area contributed by atoms with Gasteiger partial charge in [0.15, 0.2) is 0 Å². The number of carbonyl (C=O) groups is 3. The highest BCUT2D eigenvalue weighted by Gasteiger charge is 2.62. The van der Waals surface area contributed by atoms with E-state index in [1.54, 1.807) is 0 Å². The van der Waals surface area contributed by atoms with E-state index in [9.17, 15) is 22.8 Å². The number of hydrogen-bond donors (Lipinski definition) is 1. The number of benzene rings is 1. The lowest BCUT2D eigenvalue weighted by molar-refractivity contribution is -0.134. The number of carboxylic acids is 1. The van der Waals surface area contributed by atoms with Gasteiger partial charge in [-0.1, -0.05) is 12.2 Å². The molecular formula is C16H13NO6S. The first-order chi connectivity index (χ1) is 11.3. The fraction of sp³-hybridized carbons (Fsp3) is 0.312. The fourth-order valence-electron chi connectivity index (χ4n) is 3.99. The number of nitrogens with zero attached hydrogens (tertiary/aromatic N) is 1. The molecule has 1 N–H and O–H groups in total. The summed E-state index contributed by atoms with van der Waals surface area (Å²) < 4.78 is 25.8. The van der Waals surface area contributed by atoms with Crippen molar-refractivity contribution in [2.24, 2.45) is 23.7 Å². The summed E-state index contributed by atoms with van der Waals surface area (Å²) in [4.78, 5) is 35.8. The molecule has 24 heavy (non-hydrogen) atoms. The van der Waals surface area contributed by atoms with E-state index < -0.39 is 39.6 Å². The third-order valence-corrected chi connectivity index (χ3v) is 6.78. The summed E-state index contributed by atoms with van der Waals surface area (Å²) in [7, 11) is -4.33. The minimum atomic E-state index is -4.33. The fourth-order valence-corrected chi connectivity index (χ4v) is 5.39. The van der Waals surface area contributed by atoms with Crippen molar-refractivity contribution in [3.63, 3.8) is 0 Å². The predicted molar refractivity (Wildman–Crippen MR) is 80.2 cm³/mol. The zero-order chi connectivity index (χ0) is 17.2. The normalized spacial score (nSPS) is 30.9. The summed E-state index contributed by atoms with van der Waals surface area (Å²) in [6, 6.07) is 4.46. The number of aromatic carboxylic acids is 1. The number of carbonyl (C=O) groups excluding carboxylic acids is 2. The Balaban J connectivity index is 1.72. The lowest BCUT2D eigenvalue weighted by Gasteiger charge is -2.17. The van der Waals surface area contributed by atoms with Gasteiger partial charge in [0.1, 0.15) is 0 Å². The molecular weight excluding hydrogens is 334 g/mol. The second-order valence-corrected chi connectivity index (χ2v) is 8.06. The highest BCUT2D eigenvalue weighted by atomic mass is 32.2. The van der Waals surface area contributed by atoms with E-state index in [1.807, 2.05) is 12.2 Å². The van der Waals surface area contributed by atoms with Crippen molar-refractivity contribution >= 4 is 27.8 Å². The summed E-state index contributed by atoms with van der Waals surface area (Å²) in [6.07, 6.45) is 4.48. The number of rotatable bonds is 3. The van der Waals surface area contributed by atoms with Gasteiger partial charge in [-0.3, -0.25) is 9.59 Å². The Morgan fingerprint density at radius 1 is 1.00 bits per heavy atom. The molecule has 1 aromatic carbocycles. The molecule has 4 unspecified atom stereocenters. The van der Waals surface area contributed by atoms with Crippen molar-refractivity contribution in [1.29, 1.82) is 0 Å². The summed E-state index contributed by atoms with van der Waals surface area (Å²) >= 11 is 0. The Morgan fingerprint density at radius 2 is 1.50 bits per heavy atom. The molecule has 1 saturated heterocycles. The van der Waals surface area contributed by atoms with E-state index in [1.165, 1.54) is 0 Å². The van der Waals surface area contributed by atoms with Gasteiger partial charge >= 0.3 is 5.97 Å². The van der Waals surface area contributed by atoms with Crippen LogP contribution in [0.5, 0.6) is 0 Å². The Bertz CT molecular complexity index is 871. The molecule has 1 saturated carbocycles. The number of amides is 2. The van der Waals surface area contributed by atoms with Crippen LogP contribution < -0.4 is 0 Å². The van der Waals surface area contributed by atoms with Gasteiger partial charge in [-0.05, 0) is 42.5 Å². The molecule has 2 aliphatic carbocycles. The highest BCUT2D eigenvalue weighted by Crippen LogP contribution is 2.53. The molecule has 3 aliphatic rings. The van der Waals surface area contributed by atoms with E-state index in [2.05, 4.69) is 0 Å². The molecule has 0 spiro atoms. The van der Waals surface area contributed by atoms with E-state index >= 15 is 0 Å². The van der Waals surface area contributed by atoms with Crippen LogP contribution >= 0.6 is 0 Å². The molecule has 4 atom stereocenters. The minimum absolute atomic E-state index is 0.0767. The van der Waals surface area contributed by atoms with Gasteiger partial charge in [-0.15, -0.1) is 0 Å². The van der Waals surface area contributed by atoms with E-state index in [0.29, 0.717) is 10.7 Å². The smallest absolute Gasteiger partial charge is 0.335 e. The molecule has 0 aromatic heterocycles. The van der Waals surface area contributed by atoms with Crippen molar-refractivity contribution in [3.8, 4) is 0 Å². The summed E-state index contributed by atoms with van der Waals surface area (Å²) in [5.74, 6) is -3.89. The Morgan fingerprint density at radius 3 is 1.96 bits per heavy atom. The molecule has 1 aliphatic heterocycles. The van der Waals surface area contributed by atoms with Crippen LogP contribution in [0.15, 0.2) is 41.3 Å². The molecule has 0 radical (unpaired) electrons. The summed E-state index contributed by atoms with van der Waals surface area (Å²) in [5.41, 5.74) is -0.0767. The van der Waals surface area contributed by atoms with Gasteiger partial charge in [-0.2, -0.15) is 4.31 Å². The van der Waals surface area contributed by atoms with Crippen LogP contribution in [0.1, 0.15) is 16.8 Å². The molecule has 2 amide bonds. The average Bonchev–Trinajstić information content (AvgIpc) is 3.21. The average molecular weight is 347 g/mol. The molecule has 7 nitrogen and oxygen atoms in total. The maximum absolute atomic E-state index is 12.7. The van der Waals surface area contributed by atoms with Gasteiger partial charge in [0.2, 0.25) is 11.8 Å². The van der Waals surface area contributed by atoms with E-state index in [0.717, 1.165) is 24.3 Å². The third-order valence-electron chi connectivity index (χ3n) is 5.07. The maximum Gasteiger partial charge on any atom is 0.335 e. The van der Waals surface area contributed by atoms with Crippen molar-refractivity contribution < 1.29 is 27.9 Å². The Hall–Kier alpha value is -2.48. The van der Waals surface area contributed by atoms with Crippen LogP contribution in [0.3, 0.4) is 0 Å². The molecule has 1 aromatic rings. The third kappa shape index (κ3) is 1.83. The summed E-state index contributed by atoms with van der Waals surface area (Å²) in [6.45, 7) is 0. The number of fused-ring (bicyclic) bond motifs is 5. The van der Waals surface area contributed by atoms with Crippen LogP contribution in [0, 0.1) is 23.7 Å². The first-order valence-electron chi connectivity index (χ1n) is 7.47. The molecule has 8 heteroatoms. The SMILES string of the molecule is O=C(O)c1ccc(S(=O)(=O)N2C(=O)C3C4C=CC(C4)C3C2=O)cc1. The topological polar surface area (TPSA) is 109 Å². The number of imide groups is 1. The van der Waals surface area contributed by atoms with Crippen molar-refractivity contribution in [1.82, 2.24) is 4.31 Å². The second kappa shape index (κ2) is 4.76. The van der Waals surface area contributed by atoms with Crippen molar-refractivity contribution in [2.75, 3.05) is 0 Å². The van der Waals surface area contributed by atoms with Gasteiger partial charge in [0.05, 0.1) is 22.3 Å². The minimum Gasteiger partial charge on any atom is -0.478 e. The molecule has 1 heterocycles. The van der Waals surface area contributed by atoms with E-state index in [4.69, 9.17) is 5.11 Å². The first-order valence-corrected chi connectivity index (χ1v) is 8.91. The maximum atomic E-state index is 12.7. The van der Waals surface area contributed by atoms with Crippen LogP contribution in [0.2, 0.25) is 0 Å². The number of carboxylic acid groups (broad SMARTS) is 1. The van der Waals surface area contributed by atoms with Crippen LogP contribution in [-0.2, 0) is 19.6 Å². The monoisotopic (exact) mass is 347 g/mol. The largest absolute Gasteiger partial charge is 0.478 e. The van der Waals surface area contributed by atoms with Gasteiger partial charge in [-0.25, -0.2) is 13.2 Å². The van der Waals surface area contributed by atoms with Crippen molar-refractivity contribution in [2.45, 2.75) is 11.3 Å². The van der Waals surface area contributed by atoms with Gasteiger partial charge in [0.25, 0.3) is 10.0 Å². The number of sulfonamides is 1. The molecule has 4 rings (SSSR count). The molecule has 2 bridgehead atoms. The quantitative estimate of drug-likeness (QED) is 0.642. The lowest BCUT2D eigenvalue weighted by Crippen LogP contribution is -2.38. The van der Waals surface area contributed by atoms with Crippen LogP contribution in [0.4, 0.5) is 0 Å². The van der Waals surface area contributed by atoms with Gasteiger partial charge in [0, 0.05) is 0 Å². The zero-order valence-corrected chi connectivity index (χ0v) is 13.1. The zero-order valence-electron chi connectivity index (χ0n) is 12.3. The lowest BCUT2D eigenvalue weighted by atomic mass is 9.85. The van der Waals surface area contributed by atoms with E-state index in [-0.39, 0.29) is 22.3 Å². The summed E-state index contributed by atoms with van der Waals surface area (Å²) in [5, 5.41) is 8.87. The second-order valence-electron chi connectivity index (χ2n) is 6.28. The van der Waals surface area contributed by atoms with Gasteiger partial charge < -0.3 is 5.11 Å². The highest BCUT2D eigenvalue weighted by molar-refractivity contribution is 7.90. The Labute approximate surface area is 137 Å².